The van der Waals surface area contributed by atoms with Crippen LogP contribution in [0.3, 0.4) is 0 Å². The molecule has 0 heterocycles. The number of hydrogen-bond acceptors (Lipinski definition) is 2. The van der Waals surface area contributed by atoms with E-state index in [1.54, 1.807) is 0 Å². The second-order valence-corrected chi connectivity index (χ2v) is 1.59. The van der Waals surface area contributed by atoms with Gasteiger partial charge in [-0.2, -0.15) is 0 Å². The lowest BCUT2D eigenvalue weighted by atomic mass is 10.4. The predicted octanol–water partition coefficient (Wildman–Crippen LogP) is 0.801. The Morgan fingerprint density at radius 1 is 1.70 bits per heavy atom. The molecular weight excluding hydrogens is 132 g/mol. The summed E-state index contributed by atoms with van der Waals surface area (Å²) in [5.41, 5.74) is 0. The van der Waals surface area contributed by atoms with Crippen LogP contribution in [-0.4, -0.2) is 18.7 Å². The van der Waals surface area contributed by atoms with Crippen LogP contribution in [0, 0.1) is 13.1 Å². The summed E-state index contributed by atoms with van der Waals surface area (Å²) in [6.45, 7) is 10.8. The van der Waals surface area contributed by atoms with Gasteiger partial charge in [0.15, 0.2) is 0 Å². The van der Waals surface area contributed by atoms with Crippen molar-refractivity contribution in [3.8, 4) is 13.1 Å². The van der Waals surface area contributed by atoms with E-state index in [-0.39, 0.29) is 12.5 Å². The molecule has 0 aromatic carbocycles. The molecule has 10 heavy (non-hydrogen) atoms. The van der Waals surface area contributed by atoms with Gasteiger partial charge in [0.05, 0.1) is 0 Å². The Balaban J connectivity index is 3.78. The topological polar surface area (TPSA) is 35.0 Å². The SMILES string of the molecule is C#[N+]CO[C@@H]([N+]#C)C(C)=O. The molecule has 0 N–H and O–H groups in total. The first-order valence-corrected chi connectivity index (χ1v) is 2.61. The van der Waals surface area contributed by atoms with Gasteiger partial charge in [0, 0.05) is 6.92 Å². The van der Waals surface area contributed by atoms with Crippen LogP contribution in [0.4, 0.5) is 0 Å². The highest BCUT2D eigenvalue weighted by Crippen LogP contribution is 1.94. The molecule has 0 saturated carbocycles. The lowest BCUT2D eigenvalue weighted by Crippen LogP contribution is -2.16. The zero-order valence-corrected chi connectivity index (χ0v) is 5.65. The number of nitrogens with zero attached hydrogens (tertiary/aromatic N) is 2. The van der Waals surface area contributed by atoms with Gasteiger partial charge in [-0.25, -0.2) is 4.74 Å². The fourth-order valence-electron chi connectivity index (χ4n) is 0.379. The van der Waals surface area contributed by atoms with Crippen LogP contribution in [0.1, 0.15) is 6.92 Å². The minimum atomic E-state index is -0.938. The summed E-state index contributed by atoms with van der Waals surface area (Å²) < 4.78 is 4.67. The highest BCUT2D eigenvalue weighted by molar-refractivity contribution is 5.81. The third kappa shape index (κ3) is 2.81. The summed E-state index contributed by atoms with van der Waals surface area (Å²) in [6.07, 6.45) is -0.938. The molecular formula is C6H8N2O2+2. The molecule has 0 aliphatic carbocycles. The van der Waals surface area contributed by atoms with Gasteiger partial charge in [-0.05, 0) is 4.85 Å². The summed E-state index contributed by atoms with van der Waals surface area (Å²) in [6, 6.07) is 0. The Bertz CT molecular complexity index is 199. The van der Waals surface area contributed by atoms with E-state index >= 15 is 0 Å². The van der Waals surface area contributed by atoms with Crippen LogP contribution in [-0.2, 0) is 9.53 Å². The molecule has 52 valence electrons. The van der Waals surface area contributed by atoms with Crippen LogP contribution >= 0.6 is 0 Å². The van der Waals surface area contributed by atoms with E-state index in [0.717, 1.165) is 0 Å². The zero-order valence-electron chi connectivity index (χ0n) is 5.65. The van der Waals surface area contributed by atoms with Crippen molar-refractivity contribution in [1.82, 2.24) is 0 Å². The molecule has 0 aliphatic heterocycles. The van der Waals surface area contributed by atoms with Crippen molar-refractivity contribution in [2.45, 2.75) is 13.2 Å². The number of carbonyl (C=O) groups excluding carboxylic acids is 1. The average Bonchev–Trinajstić information content (AvgIpc) is 1.89. The van der Waals surface area contributed by atoms with E-state index in [2.05, 4.69) is 14.4 Å². The Labute approximate surface area is 59.0 Å². The van der Waals surface area contributed by atoms with E-state index in [1.807, 2.05) is 0 Å². The van der Waals surface area contributed by atoms with E-state index in [9.17, 15) is 4.79 Å². The molecule has 0 fully saturated rings. The molecule has 0 aromatic heterocycles. The third-order valence-corrected chi connectivity index (χ3v) is 0.790. The van der Waals surface area contributed by atoms with Gasteiger partial charge in [-0.3, -0.25) is 4.79 Å². The van der Waals surface area contributed by atoms with Crippen molar-refractivity contribution in [3.05, 3.63) is 9.69 Å². The molecule has 4 nitrogen and oxygen atoms in total. The van der Waals surface area contributed by atoms with Crippen LogP contribution in [0.5, 0.6) is 0 Å². The average molecular weight is 140 g/mol. The highest BCUT2D eigenvalue weighted by atomic mass is 16.5. The van der Waals surface area contributed by atoms with Gasteiger partial charge in [-0.15, -0.1) is 0 Å². The van der Waals surface area contributed by atoms with Gasteiger partial charge >= 0.3 is 13.0 Å². The second kappa shape index (κ2) is 4.49. The lowest BCUT2D eigenvalue weighted by molar-refractivity contribution is -0.125. The van der Waals surface area contributed by atoms with E-state index in [1.165, 1.54) is 6.92 Å². The van der Waals surface area contributed by atoms with Gasteiger partial charge < -0.3 is 0 Å². The summed E-state index contributed by atoms with van der Waals surface area (Å²) in [5, 5.41) is 0. The van der Waals surface area contributed by atoms with Gasteiger partial charge in [0.25, 0.3) is 13.1 Å². The summed E-state index contributed by atoms with van der Waals surface area (Å²) in [5.74, 6) is -0.272. The zero-order chi connectivity index (χ0) is 7.98. The molecule has 4 heteroatoms. The fourth-order valence-corrected chi connectivity index (χ4v) is 0.379. The van der Waals surface area contributed by atoms with E-state index in [4.69, 9.17) is 13.1 Å². The van der Waals surface area contributed by atoms with Crippen molar-refractivity contribution in [3.63, 3.8) is 0 Å². The molecule has 0 unspecified atom stereocenters. The number of ether oxygens (including phenoxy) is 1. The number of hydrogen-bond donors (Lipinski definition) is 0. The molecule has 0 amide bonds. The maximum absolute atomic E-state index is 10.5. The smallest absolute Gasteiger partial charge is 0.288 e. The minimum Gasteiger partial charge on any atom is -0.288 e. The summed E-state index contributed by atoms with van der Waals surface area (Å²) in [4.78, 5) is 16.8. The van der Waals surface area contributed by atoms with Crippen LogP contribution in [0.15, 0.2) is 0 Å². The van der Waals surface area contributed by atoms with Crippen molar-refractivity contribution in [2.24, 2.45) is 0 Å². The maximum atomic E-state index is 10.5. The summed E-state index contributed by atoms with van der Waals surface area (Å²) >= 11 is 0. The second-order valence-electron chi connectivity index (χ2n) is 1.59. The van der Waals surface area contributed by atoms with Crippen LogP contribution < -0.4 is 0 Å². The normalized spacial score (nSPS) is 11.1. The van der Waals surface area contributed by atoms with Crippen LogP contribution in [0.2, 0.25) is 0 Å². The number of carbonyl (C=O) groups is 1. The summed E-state index contributed by atoms with van der Waals surface area (Å²) in [7, 11) is 0. The van der Waals surface area contributed by atoms with Gasteiger partial charge in [-0.1, -0.05) is 4.85 Å². The van der Waals surface area contributed by atoms with Crippen molar-refractivity contribution < 1.29 is 9.53 Å². The molecule has 1 atom stereocenters. The number of rotatable bonds is 3. The fraction of sp³-hybridized carbons (Fsp3) is 0.500. The lowest BCUT2D eigenvalue weighted by Gasteiger charge is -1.88. The van der Waals surface area contributed by atoms with Crippen molar-refractivity contribution in [1.29, 1.82) is 0 Å². The Hall–Kier alpha value is -1.39. The predicted molar refractivity (Wildman–Crippen MR) is 37.0 cm³/mol. The molecule has 0 spiro atoms. The Morgan fingerprint density at radius 3 is 2.60 bits per heavy atom. The quantitative estimate of drug-likeness (QED) is 0.581. The Kier molecular flexibility index (Phi) is 3.86. The van der Waals surface area contributed by atoms with Crippen molar-refractivity contribution in [2.75, 3.05) is 6.73 Å². The molecule has 0 aliphatic rings. The molecule has 0 bridgehead atoms. The highest BCUT2D eigenvalue weighted by Gasteiger charge is 2.24. The molecule has 0 rings (SSSR count). The Morgan fingerprint density at radius 2 is 2.30 bits per heavy atom. The van der Waals surface area contributed by atoms with Crippen LogP contribution in [0.25, 0.3) is 9.69 Å². The van der Waals surface area contributed by atoms with Crippen molar-refractivity contribution >= 4 is 5.78 Å². The first-order chi connectivity index (χ1) is 4.72. The largest absolute Gasteiger partial charge is 0.440 e. The number of ketones is 1. The first kappa shape index (κ1) is 8.61. The molecule has 0 radical (unpaired) electrons. The standard InChI is InChI=1S/C6H8N2O2/c1-5(9)6(8-3)10-4-7-2/h2-3,6H,4H2,1H3/q+2/t6-/m1/s1. The monoisotopic (exact) mass is 140 g/mol. The van der Waals surface area contributed by atoms with E-state index < -0.39 is 6.23 Å². The van der Waals surface area contributed by atoms with E-state index in [0.29, 0.717) is 0 Å². The molecule has 0 aromatic rings. The number of Topliss-reactive ketones (excluding diaryl/α,β-unsaturated/α-hetero) is 1. The van der Waals surface area contributed by atoms with Gasteiger partial charge in [0.2, 0.25) is 5.78 Å². The minimum absolute atomic E-state index is 0.0784. The molecule has 0 saturated heterocycles. The third-order valence-electron chi connectivity index (χ3n) is 0.790. The van der Waals surface area contributed by atoms with Gasteiger partial charge in [0.1, 0.15) is 0 Å². The first-order valence-electron chi connectivity index (χ1n) is 2.61. The maximum Gasteiger partial charge on any atom is 0.440 e.